The first-order chi connectivity index (χ1) is 7.61. The van der Waals surface area contributed by atoms with Gasteiger partial charge in [0.15, 0.2) is 0 Å². The van der Waals surface area contributed by atoms with Crippen LogP contribution in [-0.2, 0) is 6.42 Å². The molecule has 1 rings (SSSR count). The maximum Gasteiger partial charge on any atom is 0.206 e. The Hall–Kier alpha value is -1.55. The smallest absolute Gasteiger partial charge is 0.206 e. The summed E-state index contributed by atoms with van der Waals surface area (Å²) in [6, 6.07) is 5.87. The van der Waals surface area contributed by atoms with Gasteiger partial charge in [-0.25, -0.2) is 5.43 Å². The lowest BCUT2D eigenvalue weighted by molar-refractivity contribution is 0.968. The van der Waals surface area contributed by atoms with E-state index in [0.29, 0.717) is 0 Å². The zero-order valence-electron chi connectivity index (χ0n) is 9.13. The van der Waals surface area contributed by atoms with Gasteiger partial charge >= 0.3 is 0 Å². The third kappa shape index (κ3) is 3.90. The molecule has 0 bridgehead atoms. The topological polar surface area (TPSA) is 74.3 Å². The van der Waals surface area contributed by atoms with E-state index in [9.17, 15) is 0 Å². The van der Waals surface area contributed by atoms with Crippen molar-refractivity contribution < 1.29 is 0 Å². The van der Waals surface area contributed by atoms with Crippen LogP contribution < -0.4 is 11.2 Å². The molecular weight excluding hydrogens is 224 g/mol. The molecule has 5 heteroatoms. The summed E-state index contributed by atoms with van der Waals surface area (Å²) in [4.78, 5) is 0. The molecule has 0 fully saturated rings. The van der Waals surface area contributed by atoms with Gasteiger partial charge in [0.2, 0.25) is 5.96 Å². The Kier molecular flexibility index (Phi) is 4.79. The summed E-state index contributed by atoms with van der Waals surface area (Å²) in [5.41, 5.74) is 9.75. The number of guanidine groups is 1. The molecular formula is C11H15ClN4. The second-order valence-electron chi connectivity index (χ2n) is 3.40. The van der Waals surface area contributed by atoms with E-state index >= 15 is 0 Å². The summed E-state index contributed by atoms with van der Waals surface area (Å²) in [6.45, 7) is 2.00. The fourth-order valence-electron chi connectivity index (χ4n) is 1.32. The average Bonchev–Trinajstić information content (AvgIpc) is 2.23. The summed E-state index contributed by atoms with van der Waals surface area (Å²) < 4.78 is 0. The Labute approximate surface area is 100.0 Å². The normalized spacial score (nSPS) is 10.6. The quantitative estimate of drug-likeness (QED) is 0.427. The Morgan fingerprint density at radius 3 is 3.06 bits per heavy atom. The number of aryl methyl sites for hydroxylation is 1. The Morgan fingerprint density at radius 2 is 2.38 bits per heavy atom. The van der Waals surface area contributed by atoms with Gasteiger partial charge in [-0.05, 0) is 37.0 Å². The summed E-state index contributed by atoms with van der Waals surface area (Å²) >= 11 is 6.00. The van der Waals surface area contributed by atoms with Crippen molar-refractivity contribution in [3.05, 3.63) is 34.3 Å². The zero-order valence-corrected chi connectivity index (χ0v) is 9.88. The minimum absolute atomic E-state index is 0.157. The first-order valence-corrected chi connectivity index (χ1v) is 5.34. The number of benzene rings is 1. The summed E-state index contributed by atoms with van der Waals surface area (Å²) in [5.74, 6) is -0.157. The molecule has 1 aromatic rings. The fraction of sp³-hybridized carbons (Fsp3) is 0.273. The molecule has 16 heavy (non-hydrogen) atoms. The van der Waals surface area contributed by atoms with Crippen LogP contribution in [0.15, 0.2) is 23.3 Å². The van der Waals surface area contributed by atoms with Crippen LogP contribution in [0.2, 0.25) is 5.02 Å². The van der Waals surface area contributed by atoms with E-state index in [4.69, 9.17) is 22.7 Å². The third-order valence-corrected chi connectivity index (χ3v) is 2.61. The Balaban J connectivity index is 2.46. The molecule has 0 aromatic heterocycles. The van der Waals surface area contributed by atoms with Crippen molar-refractivity contribution >= 4 is 23.8 Å². The van der Waals surface area contributed by atoms with Gasteiger partial charge < -0.3 is 5.73 Å². The van der Waals surface area contributed by atoms with E-state index in [2.05, 4.69) is 10.5 Å². The van der Waals surface area contributed by atoms with Crippen molar-refractivity contribution in [2.24, 2.45) is 10.8 Å². The van der Waals surface area contributed by atoms with Crippen LogP contribution in [0.3, 0.4) is 0 Å². The van der Waals surface area contributed by atoms with Gasteiger partial charge in [-0.2, -0.15) is 5.10 Å². The monoisotopic (exact) mass is 238 g/mol. The fourth-order valence-corrected chi connectivity index (χ4v) is 1.52. The molecule has 0 aliphatic rings. The van der Waals surface area contributed by atoms with Crippen molar-refractivity contribution in [1.29, 1.82) is 5.41 Å². The van der Waals surface area contributed by atoms with Crippen LogP contribution in [0.4, 0.5) is 0 Å². The largest absolute Gasteiger partial charge is 0.369 e. The summed E-state index contributed by atoms with van der Waals surface area (Å²) in [7, 11) is 0. The Bertz CT molecular complexity index is 401. The predicted octanol–water partition coefficient (Wildman–Crippen LogP) is 2.05. The molecule has 0 amide bonds. The van der Waals surface area contributed by atoms with Gasteiger partial charge in [0, 0.05) is 11.2 Å². The molecule has 0 aliphatic carbocycles. The van der Waals surface area contributed by atoms with Gasteiger partial charge in [0.05, 0.1) is 0 Å². The van der Waals surface area contributed by atoms with Gasteiger partial charge in [-0.15, -0.1) is 0 Å². The minimum atomic E-state index is -0.157. The second-order valence-corrected chi connectivity index (χ2v) is 3.81. The number of hydrogen-bond acceptors (Lipinski definition) is 2. The summed E-state index contributed by atoms with van der Waals surface area (Å²) in [6.07, 6.45) is 3.35. The van der Waals surface area contributed by atoms with E-state index in [1.165, 1.54) is 5.56 Å². The number of nitrogens with zero attached hydrogens (tertiary/aromatic N) is 1. The highest BCUT2D eigenvalue weighted by Gasteiger charge is 2.00. The highest BCUT2D eigenvalue weighted by Crippen LogP contribution is 2.19. The molecule has 1 aromatic carbocycles. The zero-order chi connectivity index (χ0) is 12.0. The van der Waals surface area contributed by atoms with Crippen molar-refractivity contribution in [2.75, 3.05) is 0 Å². The van der Waals surface area contributed by atoms with Gasteiger partial charge in [0.1, 0.15) is 0 Å². The molecule has 0 spiro atoms. The first kappa shape index (κ1) is 12.5. The minimum Gasteiger partial charge on any atom is -0.369 e. The van der Waals surface area contributed by atoms with Crippen LogP contribution in [-0.4, -0.2) is 12.2 Å². The standard InChI is InChI=1S/C11H15ClN4/c1-8-9(4-2-6-10(8)12)5-3-7-15-16-11(13)14/h2,4,6-7H,3,5H2,1H3,(H4,13,14,16). The SMILES string of the molecule is Cc1c(Cl)cccc1CCC=NNC(=N)N. The van der Waals surface area contributed by atoms with E-state index in [-0.39, 0.29) is 5.96 Å². The number of halogens is 1. The van der Waals surface area contributed by atoms with E-state index < -0.39 is 0 Å². The first-order valence-electron chi connectivity index (χ1n) is 4.97. The van der Waals surface area contributed by atoms with E-state index in [1.54, 1.807) is 6.21 Å². The van der Waals surface area contributed by atoms with Gasteiger partial charge in [-0.1, -0.05) is 23.7 Å². The number of hydrazone groups is 1. The highest BCUT2D eigenvalue weighted by molar-refractivity contribution is 6.31. The molecule has 0 heterocycles. The maximum absolute atomic E-state index is 6.89. The number of rotatable bonds is 4. The van der Waals surface area contributed by atoms with E-state index in [1.807, 2.05) is 25.1 Å². The van der Waals surface area contributed by atoms with Crippen LogP contribution in [0, 0.1) is 12.3 Å². The van der Waals surface area contributed by atoms with Crippen molar-refractivity contribution in [3.63, 3.8) is 0 Å². The number of hydrogen-bond donors (Lipinski definition) is 3. The summed E-state index contributed by atoms with van der Waals surface area (Å²) in [5, 5.41) is 11.5. The molecule has 0 saturated heterocycles. The molecule has 0 saturated carbocycles. The van der Waals surface area contributed by atoms with Crippen molar-refractivity contribution in [2.45, 2.75) is 19.8 Å². The predicted molar refractivity (Wildman–Crippen MR) is 68.1 cm³/mol. The van der Waals surface area contributed by atoms with Gasteiger partial charge in [0.25, 0.3) is 0 Å². The van der Waals surface area contributed by atoms with Crippen LogP contribution >= 0.6 is 11.6 Å². The Morgan fingerprint density at radius 1 is 1.62 bits per heavy atom. The lowest BCUT2D eigenvalue weighted by Crippen LogP contribution is -2.25. The van der Waals surface area contributed by atoms with Crippen LogP contribution in [0.25, 0.3) is 0 Å². The van der Waals surface area contributed by atoms with E-state index in [0.717, 1.165) is 23.4 Å². The molecule has 0 atom stereocenters. The number of nitrogens with one attached hydrogen (secondary N) is 2. The van der Waals surface area contributed by atoms with Crippen molar-refractivity contribution in [3.8, 4) is 0 Å². The molecule has 4 nitrogen and oxygen atoms in total. The molecule has 86 valence electrons. The lowest BCUT2D eigenvalue weighted by atomic mass is 10.0. The molecule has 0 unspecified atom stereocenters. The highest BCUT2D eigenvalue weighted by atomic mass is 35.5. The lowest BCUT2D eigenvalue weighted by Gasteiger charge is -2.05. The average molecular weight is 239 g/mol. The van der Waals surface area contributed by atoms with Gasteiger partial charge in [-0.3, -0.25) is 5.41 Å². The molecule has 0 aliphatic heterocycles. The van der Waals surface area contributed by atoms with Crippen LogP contribution in [0.5, 0.6) is 0 Å². The maximum atomic E-state index is 6.89. The van der Waals surface area contributed by atoms with Crippen LogP contribution in [0.1, 0.15) is 17.5 Å². The molecule has 0 radical (unpaired) electrons. The molecule has 4 N–H and O–H groups in total. The third-order valence-electron chi connectivity index (χ3n) is 2.20. The second kappa shape index (κ2) is 6.12. The van der Waals surface area contributed by atoms with Crippen molar-refractivity contribution in [1.82, 2.24) is 5.43 Å². The number of nitrogens with two attached hydrogens (primary N) is 1.